The highest BCUT2D eigenvalue weighted by atomic mass is 79.9. The molecule has 29 heteroatoms. The summed E-state index contributed by atoms with van der Waals surface area (Å²) in [5.41, 5.74) is 9.10. The van der Waals surface area contributed by atoms with E-state index in [4.69, 9.17) is 60.0 Å². The quantitative estimate of drug-likeness (QED) is 0.119. The van der Waals surface area contributed by atoms with Crippen LogP contribution in [-0.4, -0.2) is 195 Å². The Morgan fingerprint density at radius 3 is 1.36 bits per heavy atom. The number of morpholine rings is 3. The molecule has 85 heavy (non-hydrogen) atoms. The van der Waals surface area contributed by atoms with Gasteiger partial charge in [0.1, 0.15) is 11.0 Å². The lowest BCUT2D eigenvalue weighted by Crippen LogP contribution is -2.47. The molecular formula is C56H65Br2ClN14O8S4. The van der Waals surface area contributed by atoms with E-state index in [0.717, 1.165) is 144 Å². The molecule has 4 saturated heterocycles. The van der Waals surface area contributed by atoms with E-state index in [1.54, 1.807) is 84.3 Å². The summed E-state index contributed by atoms with van der Waals surface area (Å²) < 4.78 is 61.6. The zero-order chi connectivity index (χ0) is 59.9. The van der Waals surface area contributed by atoms with Gasteiger partial charge in [0.25, 0.3) is 0 Å². The van der Waals surface area contributed by atoms with Gasteiger partial charge < -0.3 is 43.5 Å². The van der Waals surface area contributed by atoms with Gasteiger partial charge in [0.2, 0.25) is 44.8 Å². The molecule has 1 N–H and O–H groups in total. The lowest BCUT2D eigenvalue weighted by molar-refractivity contribution is 0.109. The molecule has 0 atom stereocenters. The summed E-state index contributed by atoms with van der Waals surface area (Å²) in [5.74, 6) is 3.14. The van der Waals surface area contributed by atoms with Crippen molar-refractivity contribution in [2.24, 2.45) is 0 Å². The van der Waals surface area contributed by atoms with E-state index in [1.165, 1.54) is 6.26 Å². The summed E-state index contributed by atoms with van der Waals surface area (Å²) in [4.78, 5) is 47.5. The van der Waals surface area contributed by atoms with Crippen molar-refractivity contribution in [1.82, 2.24) is 59.4 Å². The molecule has 452 valence electrons. The number of methoxy groups -OCH3 is 3. The van der Waals surface area contributed by atoms with Crippen LogP contribution in [0.1, 0.15) is 19.4 Å². The molecule has 22 nitrogen and oxygen atoms in total. The Morgan fingerprint density at radius 2 is 0.965 bits per heavy atom. The van der Waals surface area contributed by atoms with E-state index in [-0.39, 0.29) is 5.28 Å². The van der Waals surface area contributed by atoms with Crippen LogP contribution in [0.5, 0.6) is 17.6 Å². The number of halogens is 3. The zero-order valence-electron chi connectivity index (χ0n) is 47.8. The van der Waals surface area contributed by atoms with Gasteiger partial charge in [0.15, 0.2) is 0 Å². The maximum absolute atomic E-state index is 11.9. The first-order valence-corrected chi connectivity index (χ1v) is 33.8. The van der Waals surface area contributed by atoms with Crippen molar-refractivity contribution in [2.45, 2.75) is 20.4 Å². The number of hydrogen-bond acceptors (Lipinski definition) is 24. The smallest absolute Gasteiger partial charge is 0.226 e. The van der Waals surface area contributed by atoms with E-state index in [1.807, 2.05) is 54.9 Å². The topological polar surface area (TPSA) is 231 Å². The van der Waals surface area contributed by atoms with Crippen LogP contribution in [-0.2, 0) is 30.8 Å². The van der Waals surface area contributed by atoms with Gasteiger partial charge in [-0.2, -0.15) is 4.31 Å². The Kier molecular flexibility index (Phi) is 23.3. The van der Waals surface area contributed by atoms with Crippen molar-refractivity contribution in [3.05, 3.63) is 90.9 Å². The molecule has 0 unspecified atom stereocenters. The minimum Gasteiger partial charge on any atom is -0.481 e. The van der Waals surface area contributed by atoms with Gasteiger partial charge >= 0.3 is 0 Å². The first-order valence-electron chi connectivity index (χ1n) is 27.3. The molecule has 0 radical (unpaired) electrons. The third kappa shape index (κ3) is 16.4. The van der Waals surface area contributed by atoms with Crippen molar-refractivity contribution in [2.75, 3.05) is 142 Å². The highest BCUT2D eigenvalue weighted by Gasteiger charge is 2.26. The molecule has 4 fully saturated rings. The highest BCUT2D eigenvalue weighted by molar-refractivity contribution is 9.11. The fourth-order valence-electron chi connectivity index (χ4n) is 9.10. The summed E-state index contributed by atoms with van der Waals surface area (Å²) in [7, 11) is 1.64. The zero-order valence-corrected chi connectivity index (χ0v) is 55.0. The maximum atomic E-state index is 11.9. The van der Waals surface area contributed by atoms with Gasteiger partial charge in [0, 0.05) is 142 Å². The van der Waals surface area contributed by atoms with Crippen molar-refractivity contribution < 1.29 is 36.8 Å². The van der Waals surface area contributed by atoms with Crippen molar-refractivity contribution in [3.63, 3.8) is 0 Å². The van der Waals surface area contributed by atoms with Crippen molar-refractivity contribution in [3.8, 4) is 51.4 Å². The van der Waals surface area contributed by atoms with Crippen LogP contribution in [0, 0.1) is 0 Å². The number of hydrogen-bond donors (Lipinski definition) is 1. The van der Waals surface area contributed by atoms with Gasteiger partial charge in [-0.15, -0.1) is 34.0 Å². The molecule has 4 aliphatic rings. The number of anilines is 2. The summed E-state index contributed by atoms with van der Waals surface area (Å²) in [6.45, 7) is 16.8. The molecule has 4 aliphatic heterocycles. The summed E-state index contributed by atoms with van der Waals surface area (Å²) >= 11 is 17.9. The third-order valence-electron chi connectivity index (χ3n) is 13.5. The number of aromatic nitrogens is 9. The molecule has 0 spiro atoms. The molecule has 9 aromatic rings. The van der Waals surface area contributed by atoms with Crippen LogP contribution in [0.15, 0.2) is 80.1 Å². The predicted molar refractivity (Wildman–Crippen MR) is 345 cm³/mol. The molecule has 0 saturated carbocycles. The van der Waals surface area contributed by atoms with Crippen LogP contribution < -0.4 is 29.3 Å². The number of piperazine rings is 1. The van der Waals surface area contributed by atoms with Crippen LogP contribution in [0.4, 0.5) is 11.9 Å². The average molecular weight is 1390 g/mol. The molecule has 13 heterocycles. The minimum atomic E-state index is -3.15. The molecule has 0 aromatic carbocycles. The molecule has 13 rings (SSSR count). The Hall–Kier alpha value is -5.47. The second kappa shape index (κ2) is 30.9. The van der Waals surface area contributed by atoms with Gasteiger partial charge in [-0.25, -0.2) is 53.3 Å². The predicted octanol–water partition coefficient (Wildman–Crippen LogP) is 9.85. The molecular weight excluding hydrogens is 1320 g/mol. The van der Waals surface area contributed by atoms with Gasteiger partial charge in [-0.1, -0.05) is 13.8 Å². The fraction of sp³-hybridized carbons (Fsp3) is 0.411. The first kappa shape index (κ1) is 64.0. The number of thiophene rings is 3. The number of nitrogens with one attached hydrogen (secondary N) is 1. The SMILES string of the molecule is C1COCCN1.CC.COc1ccc(-c2nc(Cl)nc3c(Br)csc23)cn1.COc1ccc(-c2nc(N3CCOCC3)nc3c(Br)csc23)cn1.COc1ccc(-c2nc(N3CCOCC3)nc3c(CN4CCN(S(C)(=O)=O)CC4)csc23)cn1. The lowest BCUT2D eigenvalue weighted by atomic mass is 10.1. The van der Waals surface area contributed by atoms with E-state index in [2.05, 4.69) is 82.2 Å². The second-order valence-corrected chi connectivity index (χ2v) is 25.5. The Bertz CT molecular complexity index is 3710. The van der Waals surface area contributed by atoms with Crippen LogP contribution in [0.3, 0.4) is 0 Å². The first-order chi connectivity index (χ1) is 41.4. The third-order valence-corrected chi connectivity index (χ3v) is 19.7. The number of ether oxygens (including phenoxy) is 6. The Morgan fingerprint density at radius 1 is 0.553 bits per heavy atom. The normalized spacial score (nSPS) is 15.8. The number of sulfonamides is 1. The fourth-order valence-corrected chi connectivity index (χ4v) is 14.3. The Labute approximate surface area is 527 Å². The van der Waals surface area contributed by atoms with Gasteiger partial charge in [-0.05, 0) is 67.0 Å². The number of rotatable bonds is 11. The van der Waals surface area contributed by atoms with Crippen LogP contribution >= 0.6 is 77.5 Å². The minimum absolute atomic E-state index is 0.220. The van der Waals surface area contributed by atoms with E-state index < -0.39 is 10.0 Å². The number of nitrogens with zero attached hydrogens (tertiary/aromatic N) is 13. The molecule has 9 aromatic heterocycles. The average Bonchev–Trinajstić information content (AvgIpc) is 3.06. The summed E-state index contributed by atoms with van der Waals surface area (Å²) in [6.07, 6.45) is 6.56. The lowest BCUT2D eigenvalue weighted by Gasteiger charge is -2.33. The van der Waals surface area contributed by atoms with E-state index in [0.29, 0.717) is 76.2 Å². The summed E-state index contributed by atoms with van der Waals surface area (Å²) in [6, 6.07) is 11.3. The van der Waals surface area contributed by atoms with Crippen LogP contribution in [0.25, 0.3) is 64.4 Å². The van der Waals surface area contributed by atoms with Crippen molar-refractivity contribution >= 4 is 130 Å². The number of fused-ring (bicyclic) bond motifs is 3. The maximum Gasteiger partial charge on any atom is 0.226 e. The highest BCUT2D eigenvalue weighted by Crippen LogP contribution is 2.39. The monoisotopic (exact) mass is 1380 g/mol. The Balaban J connectivity index is 0.000000148. The van der Waals surface area contributed by atoms with Crippen LogP contribution in [0.2, 0.25) is 5.28 Å². The second-order valence-electron chi connectivity index (χ2n) is 18.8. The van der Waals surface area contributed by atoms with Crippen molar-refractivity contribution in [1.29, 1.82) is 0 Å². The number of pyridine rings is 3. The largest absolute Gasteiger partial charge is 0.481 e. The molecule has 0 amide bonds. The van der Waals surface area contributed by atoms with Gasteiger partial charge in [-0.3, -0.25) is 4.90 Å². The van der Waals surface area contributed by atoms with Gasteiger partial charge in [0.05, 0.1) is 113 Å². The molecule has 0 aliphatic carbocycles. The van der Waals surface area contributed by atoms with E-state index in [9.17, 15) is 8.42 Å². The summed E-state index contributed by atoms with van der Waals surface area (Å²) in [5, 5.41) is 9.54. The standard InChI is InChI=1S/C22H28N6O4S2.C16H15BrN4O2S.C12H7BrClN3OS.C4H9NO.C2H6/c1-31-18-4-3-16(13-23-18)19-21-20(25-22(24-19)27-9-11-32-12-10-27)17(15-33-21)14-26-5-7-28(8-6-26)34(2,29)30;1-22-12-3-2-10(8-18-12)13-15-14(11(17)9-24-15)20-16(19-13)21-4-6-23-7-5-21;1-18-8-3-2-6(4-15-8)9-11-10(7(13)5-19-11)17-12(14)16-9;1-3-6-4-2-5-1;1-2/h3-4,13,15H,5-12,14H2,1-2H3;2-3,8-9H,4-7H2,1H3;2-5H,1H3;5H,1-4H2;1-2H3. The molecule has 0 bridgehead atoms. The van der Waals surface area contributed by atoms with E-state index >= 15 is 0 Å².